The van der Waals surface area contributed by atoms with Crippen LogP contribution in [0.4, 0.5) is 0 Å². The first-order chi connectivity index (χ1) is 9.02. The minimum Gasteiger partial charge on any atom is -0.335 e. The molecule has 0 unspecified atom stereocenters. The molecule has 1 aromatic heterocycles. The summed E-state index contributed by atoms with van der Waals surface area (Å²) in [7, 11) is 4.21. The summed E-state index contributed by atoms with van der Waals surface area (Å²) in [5.41, 5.74) is 0.608. The van der Waals surface area contributed by atoms with E-state index in [1.54, 1.807) is 11.3 Å². The van der Waals surface area contributed by atoms with Gasteiger partial charge in [0.25, 0.3) is 5.91 Å². The lowest BCUT2D eigenvalue weighted by molar-refractivity contribution is 0.0775. The van der Waals surface area contributed by atoms with Crippen LogP contribution in [0.3, 0.4) is 0 Å². The summed E-state index contributed by atoms with van der Waals surface area (Å²) >= 11 is 1.54. The van der Waals surface area contributed by atoms with Crippen molar-refractivity contribution in [1.29, 1.82) is 0 Å². The Labute approximate surface area is 119 Å². The molecule has 1 fully saturated rings. The number of aromatic nitrogens is 1. The maximum Gasteiger partial charge on any atom is 0.273 e. The van der Waals surface area contributed by atoms with Crippen molar-refractivity contribution in [2.45, 2.75) is 32.7 Å². The smallest absolute Gasteiger partial charge is 0.273 e. The SMILES string of the molecule is CCC[C@@H]1CN(C(=O)c2csc(C)n2)C[C@H]1N(C)C. The summed E-state index contributed by atoms with van der Waals surface area (Å²) in [5, 5.41) is 2.83. The van der Waals surface area contributed by atoms with Crippen molar-refractivity contribution in [3.63, 3.8) is 0 Å². The maximum atomic E-state index is 12.4. The Bertz CT molecular complexity index is 444. The molecule has 0 radical (unpaired) electrons. The van der Waals surface area contributed by atoms with Crippen LogP contribution in [0.25, 0.3) is 0 Å². The van der Waals surface area contributed by atoms with Gasteiger partial charge in [0.2, 0.25) is 0 Å². The van der Waals surface area contributed by atoms with Crippen molar-refractivity contribution in [3.8, 4) is 0 Å². The van der Waals surface area contributed by atoms with E-state index in [-0.39, 0.29) is 5.91 Å². The van der Waals surface area contributed by atoms with E-state index in [4.69, 9.17) is 0 Å². The summed E-state index contributed by atoms with van der Waals surface area (Å²) in [4.78, 5) is 21.0. The standard InChI is InChI=1S/C14H23N3OS/c1-5-6-11-7-17(8-13(11)16(3)4)14(18)12-9-19-10(2)15-12/h9,11,13H,5-8H2,1-4H3/t11-,13-/m1/s1. The number of carbonyl (C=O) groups is 1. The molecule has 2 atom stereocenters. The van der Waals surface area contributed by atoms with E-state index >= 15 is 0 Å². The number of thiazole rings is 1. The van der Waals surface area contributed by atoms with Gasteiger partial charge in [-0.3, -0.25) is 4.79 Å². The number of likely N-dealkylation sites (N-methyl/N-ethyl adjacent to an activating group) is 1. The van der Waals surface area contributed by atoms with Crippen molar-refractivity contribution >= 4 is 17.2 Å². The topological polar surface area (TPSA) is 36.4 Å². The van der Waals surface area contributed by atoms with Gasteiger partial charge >= 0.3 is 0 Å². The normalized spacial score (nSPS) is 23.3. The molecule has 2 rings (SSSR count). The third-order valence-corrected chi connectivity index (χ3v) is 4.63. The molecule has 1 aromatic rings. The largest absolute Gasteiger partial charge is 0.335 e. The molecule has 1 aliphatic rings. The van der Waals surface area contributed by atoms with Gasteiger partial charge in [-0.15, -0.1) is 11.3 Å². The van der Waals surface area contributed by atoms with Gasteiger partial charge in [-0.2, -0.15) is 0 Å². The van der Waals surface area contributed by atoms with Crippen LogP contribution < -0.4 is 0 Å². The molecule has 0 N–H and O–H groups in total. The van der Waals surface area contributed by atoms with E-state index in [0.717, 1.165) is 18.1 Å². The van der Waals surface area contributed by atoms with Gasteiger partial charge in [-0.05, 0) is 33.4 Å². The Balaban J connectivity index is 2.08. The molecule has 1 amide bonds. The fourth-order valence-corrected chi connectivity index (χ4v) is 3.47. The average molecular weight is 281 g/mol. The maximum absolute atomic E-state index is 12.4. The highest BCUT2D eigenvalue weighted by molar-refractivity contribution is 7.09. The number of nitrogens with zero attached hydrogens (tertiary/aromatic N) is 3. The summed E-state index contributed by atoms with van der Waals surface area (Å²) < 4.78 is 0. The Morgan fingerprint density at radius 1 is 1.53 bits per heavy atom. The molecule has 4 nitrogen and oxygen atoms in total. The number of carbonyl (C=O) groups excluding carboxylic acids is 1. The van der Waals surface area contributed by atoms with Crippen molar-refractivity contribution < 1.29 is 4.79 Å². The predicted molar refractivity (Wildman–Crippen MR) is 78.6 cm³/mol. The first-order valence-corrected chi connectivity index (χ1v) is 7.78. The molecule has 0 saturated carbocycles. The van der Waals surface area contributed by atoms with E-state index < -0.39 is 0 Å². The van der Waals surface area contributed by atoms with Gasteiger partial charge in [0.15, 0.2) is 0 Å². The van der Waals surface area contributed by atoms with Crippen LogP contribution in [0.5, 0.6) is 0 Å². The Morgan fingerprint density at radius 2 is 2.26 bits per heavy atom. The molecule has 1 aliphatic heterocycles. The third kappa shape index (κ3) is 3.15. The van der Waals surface area contributed by atoms with Crippen LogP contribution in [0, 0.1) is 12.8 Å². The van der Waals surface area contributed by atoms with Crippen molar-refractivity contribution in [1.82, 2.24) is 14.8 Å². The van der Waals surface area contributed by atoms with Crippen LogP contribution >= 0.6 is 11.3 Å². The molecule has 0 bridgehead atoms. The third-order valence-electron chi connectivity index (χ3n) is 3.85. The molecular weight excluding hydrogens is 258 g/mol. The van der Waals surface area contributed by atoms with E-state index in [0.29, 0.717) is 17.7 Å². The number of hydrogen-bond donors (Lipinski definition) is 0. The lowest BCUT2D eigenvalue weighted by Gasteiger charge is -2.24. The van der Waals surface area contributed by atoms with Crippen LogP contribution in [0.2, 0.25) is 0 Å². The highest BCUT2D eigenvalue weighted by Crippen LogP contribution is 2.26. The first kappa shape index (κ1) is 14.5. The average Bonchev–Trinajstić information content (AvgIpc) is 2.95. The van der Waals surface area contributed by atoms with Gasteiger partial charge < -0.3 is 9.80 Å². The minimum atomic E-state index is 0.0924. The van der Waals surface area contributed by atoms with Gasteiger partial charge in [0, 0.05) is 24.5 Å². The number of likely N-dealkylation sites (tertiary alicyclic amines) is 1. The van der Waals surface area contributed by atoms with Crippen molar-refractivity contribution in [3.05, 3.63) is 16.1 Å². The Morgan fingerprint density at radius 3 is 2.79 bits per heavy atom. The van der Waals surface area contributed by atoms with E-state index in [2.05, 4.69) is 30.9 Å². The van der Waals surface area contributed by atoms with E-state index in [1.807, 2.05) is 17.2 Å². The molecule has 0 spiro atoms. The Hall–Kier alpha value is -0.940. The van der Waals surface area contributed by atoms with E-state index in [9.17, 15) is 4.79 Å². The summed E-state index contributed by atoms with van der Waals surface area (Å²) in [5.74, 6) is 0.679. The van der Waals surface area contributed by atoms with Crippen LogP contribution in [0.15, 0.2) is 5.38 Å². The zero-order valence-corrected chi connectivity index (χ0v) is 13.0. The first-order valence-electron chi connectivity index (χ1n) is 6.90. The highest BCUT2D eigenvalue weighted by atomic mass is 32.1. The Kier molecular flexibility index (Phi) is 4.58. The molecule has 0 aliphatic carbocycles. The van der Waals surface area contributed by atoms with Crippen molar-refractivity contribution in [2.75, 3.05) is 27.2 Å². The second-order valence-corrected chi connectivity index (χ2v) is 6.60. The second kappa shape index (κ2) is 6.01. The minimum absolute atomic E-state index is 0.0924. The summed E-state index contributed by atoms with van der Waals surface area (Å²) in [6.07, 6.45) is 2.36. The molecule has 0 aromatic carbocycles. The predicted octanol–water partition coefficient (Wildman–Crippen LogP) is 2.25. The van der Waals surface area contributed by atoms with Crippen LogP contribution in [-0.4, -0.2) is 53.9 Å². The molecular formula is C14H23N3OS. The zero-order valence-electron chi connectivity index (χ0n) is 12.2. The van der Waals surface area contributed by atoms with E-state index in [1.165, 1.54) is 12.8 Å². The number of hydrogen-bond acceptors (Lipinski definition) is 4. The molecule has 5 heteroatoms. The van der Waals surface area contributed by atoms with Gasteiger partial charge in [-0.25, -0.2) is 4.98 Å². The van der Waals surface area contributed by atoms with Crippen molar-refractivity contribution in [2.24, 2.45) is 5.92 Å². The monoisotopic (exact) mass is 281 g/mol. The second-order valence-electron chi connectivity index (χ2n) is 5.54. The molecule has 1 saturated heterocycles. The van der Waals surface area contributed by atoms with Gasteiger partial charge in [-0.1, -0.05) is 13.3 Å². The number of aryl methyl sites for hydroxylation is 1. The fraction of sp³-hybridized carbons (Fsp3) is 0.714. The summed E-state index contributed by atoms with van der Waals surface area (Å²) in [6, 6.07) is 0.476. The quantitative estimate of drug-likeness (QED) is 0.849. The molecule has 106 valence electrons. The van der Waals surface area contributed by atoms with Crippen LogP contribution in [-0.2, 0) is 0 Å². The number of amides is 1. The van der Waals surface area contributed by atoms with Gasteiger partial charge in [0.1, 0.15) is 5.69 Å². The van der Waals surface area contributed by atoms with Gasteiger partial charge in [0.05, 0.1) is 5.01 Å². The fourth-order valence-electron chi connectivity index (χ4n) is 2.88. The lowest BCUT2D eigenvalue weighted by atomic mass is 9.98. The summed E-state index contributed by atoms with van der Waals surface area (Å²) in [6.45, 7) is 5.84. The van der Waals surface area contributed by atoms with Crippen LogP contribution in [0.1, 0.15) is 35.3 Å². The molecule has 2 heterocycles. The zero-order chi connectivity index (χ0) is 14.0. The molecule has 19 heavy (non-hydrogen) atoms. The lowest BCUT2D eigenvalue weighted by Crippen LogP contribution is -2.36. The highest BCUT2D eigenvalue weighted by Gasteiger charge is 2.36. The number of rotatable bonds is 4.